The number of hydrogen-bond donors (Lipinski definition) is 0. The predicted molar refractivity (Wildman–Crippen MR) is 120 cm³/mol. The molecule has 0 saturated carbocycles. The molecule has 5 heteroatoms. The molecule has 156 valence electrons. The van der Waals surface area contributed by atoms with Crippen molar-refractivity contribution in [3.63, 3.8) is 0 Å². The molecular weight excluding hydrogens is 390 g/mol. The van der Waals surface area contributed by atoms with Crippen LogP contribution in [0.5, 0.6) is 5.75 Å². The van der Waals surface area contributed by atoms with E-state index >= 15 is 0 Å². The van der Waals surface area contributed by atoms with Crippen molar-refractivity contribution >= 4 is 18.0 Å². The van der Waals surface area contributed by atoms with Crippen molar-refractivity contribution in [3.8, 4) is 16.9 Å². The fourth-order valence-corrected chi connectivity index (χ4v) is 3.28. The first-order chi connectivity index (χ1) is 15.2. The molecule has 3 aromatic rings. The van der Waals surface area contributed by atoms with E-state index in [4.69, 9.17) is 9.47 Å². The standard InChI is InChI=1S/C26H23NO4/c28-25(23-11-9-22(10-12-23)21-4-2-1-3-5-21)15-8-20-6-13-24(14-7-20)31-26(29)27-16-18-30-19-17-27/h1-15H,16-19H2/b15-8+. The number of amides is 1. The Morgan fingerprint density at radius 2 is 1.45 bits per heavy atom. The van der Waals surface area contributed by atoms with Gasteiger partial charge in [0.05, 0.1) is 13.2 Å². The second-order valence-corrected chi connectivity index (χ2v) is 7.18. The first-order valence-corrected chi connectivity index (χ1v) is 10.2. The number of benzene rings is 3. The van der Waals surface area contributed by atoms with Gasteiger partial charge in [-0.2, -0.15) is 0 Å². The van der Waals surface area contributed by atoms with Crippen molar-refractivity contribution in [1.29, 1.82) is 0 Å². The maximum atomic E-state index is 12.5. The number of nitrogens with zero attached hydrogens (tertiary/aromatic N) is 1. The zero-order chi connectivity index (χ0) is 21.5. The quantitative estimate of drug-likeness (QED) is 0.432. The molecular formula is C26H23NO4. The lowest BCUT2D eigenvalue weighted by molar-refractivity contribution is 0.0416. The summed E-state index contributed by atoms with van der Waals surface area (Å²) in [5.41, 5.74) is 3.67. The summed E-state index contributed by atoms with van der Waals surface area (Å²) < 4.78 is 10.6. The van der Waals surface area contributed by atoms with Crippen molar-refractivity contribution in [2.24, 2.45) is 0 Å². The van der Waals surface area contributed by atoms with Crippen LogP contribution in [0.3, 0.4) is 0 Å². The summed E-state index contributed by atoms with van der Waals surface area (Å²) in [7, 11) is 0. The number of carbonyl (C=O) groups excluding carboxylic acids is 2. The largest absolute Gasteiger partial charge is 0.415 e. The Hall–Kier alpha value is -3.70. The SMILES string of the molecule is O=C(/C=C/c1ccc(OC(=O)N2CCOCC2)cc1)c1ccc(-c2ccccc2)cc1. The molecule has 1 aliphatic heterocycles. The van der Waals surface area contributed by atoms with Gasteiger partial charge in [0.2, 0.25) is 0 Å². The third-order valence-electron chi connectivity index (χ3n) is 5.06. The molecule has 0 aromatic heterocycles. The van der Waals surface area contributed by atoms with E-state index in [2.05, 4.69) is 0 Å². The highest BCUT2D eigenvalue weighted by Gasteiger charge is 2.18. The third kappa shape index (κ3) is 5.47. The van der Waals surface area contributed by atoms with Crippen LogP contribution in [0.15, 0.2) is 84.9 Å². The highest BCUT2D eigenvalue weighted by Crippen LogP contribution is 2.20. The van der Waals surface area contributed by atoms with Crippen LogP contribution in [0.2, 0.25) is 0 Å². The second-order valence-electron chi connectivity index (χ2n) is 7.18. The third-order valence-corrected chi connectivity index (χ3v) is 5.06. The van der Waals surface area contributed by atoms with Gasteiger partial charge < -0.3 is 14.4 Å². The van der Waals surface area contributed by atoms with Gasteiger partial charge in [0, 0.05) is 18.7 Å². The van der Waals surface area contributed by atoms with Gasteiger partial charge in [-0.05, 0) is 34.9 Å². The number of ketones is 1. The average molecular weight is 413 g/mol. The van der Waals surface area contributed by atoms with E-state index in [1.54, 1.807) is 29.2 Å². The first-order valence-electron chi connectivity index (χ1n) is 10.2. The Labute approximate surface area is 181 Å². The average Bonchev–Trinajstić information content (AvgIpc) is 2.84. The molecule has 1 saturated heterocycles. The Morgan fingerprint density at radius 3 is 2.13 bits per heavy atom. The van der Waals surface area contributed by atoms with Gasteiger partial charge in [-0.1, -0.05) is 72.8 Å². The minimum Gasteiger partial charge on any atom is -0.410 e. The van der Waals surface area contributed by atoms with Gasteiger partial charge in [0.15, 0.2) is 5.78 Å². The zero-order valence-corrected chi connectivity index (χ0v) is 17.1. The van der Waals surface area contributed by atoms with Gasteiger partial charge in [-0.25, -0.2) is 4.79 Å². The van der Waals surface area contributed by atoms with Crippen LogP contribution in [-0.4, -0.2) is 43.1 Å². The number of ether oxygens (including phenoxy) is 2. The monoisotopic (exact) mass is 413 g/mol. The lowest BCUT2D eigenvalue weighted by atomic mass is 10.0. The molecule has 1 aliphatic rings. The van der Waals surface area contributed by atoms with Crippen LogP contribution in [0.1, 0.15) is 15.9 Å². The molecule has 0 bridgehead atoms. The number of morpholine rings is 1. The summed E-state index contributed by atoms with van der Waals surface area (Å²) in [5.74, 6) is 0.402. The zero-order valence-electron chi connectivity index (χ0n) is 17.1. The Bertz CT molecular complexity index is 1050. The summed E-state index contributed by atoms with van der Waals surface area (Å²) >= 11 is 0. The van der Waals surface area contributed by atoms with Gasteiger partial charge in [-0.3, -0.25) is 4.79 Å². The van der Waals surface area contributed by atoms with Crippen LogP contribution in [-0.2, 0) is 4.74 Å². The smallest absolute Gasteiger partial charge is 0.410 e. The maximum Gasteiger partial charge on any atom is 0.415 e. The van der Waals surface area contributed by atoms with E-state index in [-0.39, 0.29) is 11.9 Å². The van der Waals surface area contributed by atoms with E-state index in [0.717, 1.165) is 16.7 Å². The van der Waals surface area contributed by atoms with Crippen molar-refractivity contribution in [1.82, 2.24) is 4.90 Å². The molecule has 0 atom stereocenters. The fraction of sp³-hybridized carbons (Fsp3) is 0.154. The summed E-state index contributed by atoms with van der Waals surface area (Å²) in [6, 6.07) is 24.7. The molecule has 3 aromatic carbocycles. The highest BCUT2D eigenvalue weighted by atomic mass is 16.6. The van der Waals surface area contributed by atoms with E-state index in [1.807, 2.05) is 66.7 Å². The van der Waals surface area contributed by atoms with Gasteiger partial charge in [0.1, 0.15) is 5.75 Å². The minimum absolute atomic E-state index is 0.0672. The second kappa shape index (κ2) is 9.87. The Kier molecular flexibility index (Phi) is 6.55. The van der Waals surface area contributed by atoms with Crippen LogP contribution >= 0.6 is 0 Å². The predicted octanol–water partition coefficient (Wildman–Crippen LogP) is 5.08. The van der Waals surface area contributed by atoms with Crippen LogP contribution < -0.4 is 4.74 Å². The molecule has 0 aliphatic carbocycles. The van der Waals surface area contributed by atoms with E-state index in [9.17, 15) is 9.59 Å². The summed E-state index contributed by atoms with van der Waals surface area (Å²) in [5, 5.41) is 0. The molecule has 4 rings (SSSR count). The lowest BCUT2D eigenvalue weighted by Crippen LogP contribution is -2.42. The number of rotatable bonds is 5. The number of carbonyl (C=O) groups is 2. The minimum atomic E-state index is -0.374. The van der Waals surface area contributed by atoms with Gasteiger partial charge >= 0.3 is 6.09 Å². The molecule has 1 heterocycles. The fourth-order valence-electron chi connectivity index (χ4n) is 3.28. The van der Waals surface area contributed by atoms with E-state index < -0.39 is 0 Å². The van der Waals surface area contributed by atoms with E-state index in [1.165, 1.54) is 0 Å². The Balaban J connectivity index is 1.34. The van der Waals surface area contributed by atoms with Gasteiger partial charge in [-0.15, -0.1) is 0 Å². The summed E-state index contributed by atoms with van der Waals surface area (Å²) in [6.07, 6.45) is 2.92. The summed E-state index contributed by atoms with van der Waals surface area (Å²) in [6.45, 7) is 2.13. The molecule has 0 unspecified atom stereocenters. The van der Waals surface area contributed by atoms with Gasteiger partial charge in [0.25, 0.3) is 0 Å². The molecule has 1 amide bonds. The number of hydrogen-bond acceptors (Lipinski definition) is 4. The van der Waals surface area contributed by atoms with Crippen LogP contribution in [0, 0.1) is 0 Å². The van der Waals surface area contributed by atoms with Crippen molar-refractivity contribution in [2.45, 2.75) is 0 Å². The molecule has 0 radical (unpaired) electrons. The van der Waals surface area contributed by atoms with Crippen molar-refractivity contribution < 1.29 is 19.1 Å². The molecule has 0 N–H and O–H groups in total. The van der Waals surface area contributed by atoms with Crippen LogP contribution in [0.4, 0.5) is 4.79 Å². The lowest BCUT2D eigenvalue weighted by Gasteiger charge is -2.25. The molecule has 0 spiro atoms. The first kappa shape index (κ1) is 20.6. The number of allylic oxidation sites excluding steroid dienone is 1. The normalized spacial score (nSPS) is 13.9. The van der Waals surface area contributed by atoms with Crippen LogP contribution in [0.25, 0.3) is 17.2 Å². The molecule has 1 fully saturated rings. The van der Waals surface area contributed by atoms with E-state index in [0.29, 0.717) is 37.6 Å². The topological polar surface area (TPSA) is 55.8 Å². The van der Waals surface area contributed by atoms with Crippen molar-refractivity contribution in [3.05, 3.63) is 96.1 Å². The Morgan fingerprint density at radius 1 is 0.806 bits per heavy atom. The molecule has 5 nitrogen and oxygen atoms in total. The van der Waals surface area contributed by atoms with Crippen molar-refractivity contribution in [2.75, 3.05) is 26.3 Å². The highest BCUT2D eigenvalue weighted by molar-refractivity contribution is 6.07. The maximum absolute atomic E-state index is 12.5. The molecule has 31 heavy (non-hydrogen) atoms. The summed E-state index contributed by atoms with van der Waals surface area (Å²) in [4.78, 5) is 26.2.